The maximum atomic E-state index is 12.5. The van der Waals surface area contributed by atoms with E-state index in [1.54, 1.807) is 24.3 Å². The minimum atomic E-state index is -3.55. The molecule has 0 heterocycles. The molecule has 3 N–H and O–H groups in total. The predicted molar refractivity (Wildman–Crippen MR) is 123 cm³/mol. The van der Waals surface area contributed by atoms with Crippen LogP contribution in [0.3, 0.4) is 0 Å². The Morgan fingerprint density at radius 1 is 1.14 bits per heavy atom. The number of guanidine groups is 1. The fourth-order valence-corrected chi connectivity index (χ4v) is 3.32. The molecule has 0 bridgehead atoms. The van der Waals surface area contributed by atoms with Gasteiger partial charge in [-0.25, -0.2) is 17.7 Å². The van der Waals surface area contributed by atoms with Gasteiger partial charge in [0, 0.05) is 26.2 Å². The van der Waals surface area contributed by atoms with Crippen LogP contribution in [0.4, 0.5) is 0 Å². The lowest BCUT2D eigenvalue weighted by atomic mass is 10.1. The van der Waals surface area contributed by atoms with E-state index in [9.17, 15) is 13.2 Å². The van der Waals surface area contributed by atoms with Crippen LogP contribution in [0, 0.1) is 0 Å². The number of nitrogens with one attached hydrogen (secondary N) is 3. The van der Waals surface area contributed by atoms with Gasteiger partial charge < -0.3 is 16.0 Å². The minimum absolute atomic E-state index is 0. The van der Waals surface area contributed by atoms with Crippen LogP contribution in [0.1, 0.15) is 33.3 Å². The van der Waals surface area contributed by atoms with E-state index in [0.29, 0.717) is 18.1 Å². The molecular weight excluding hydrogens is 493 g/mol. The largest absolute Gasteiger partial charge is 0.357 e. The molecule has 1 aromatic carbocycles. The highest BCUT2D eigenvalue weighted by atomic mass is 127. The van der Waals surface area contributed by atoms with Crippen molar-refractivity contribution in [3.8, 4) is 0 Å². The van der Waals surface area contributed by atoms with E-state index in [0.717, 1.165) is 0 Å². The number of hydrogen-bond acceptors (Lipinski definition) is 4. The van der Waals surface area contributed by atoms with Crippen molar-refractivity contribution >= 4 is 45.9 Å². The van der Waals surface area contributed by atoms with Gasteiger partial charge in [-0.3, -0.25) is 4.79 Å². The molecule has 0 atom stereocenters. The molecule has 0 radical (unpaired) electrons. The van der Waals surface area contributed by atoms with Gasteiger partial charge >= 0.3 is 0 Å². The van der Waals surface area contributed by atoms with Gasteiger partial charge in [-0.15, -0.1) is 24.0 Å². The summed E-state index contributed by atoms with van der Waals surface area (Å²) >= 11 is 0. The zero-order valence-electron chi connectivity index (χ0n) is 17.4. The van der Waals surface area contributed by atoms with Crippen LogP contribution in [0.25, 0.3) is 0 Å². The third-order valence-corrected chi connectivity index (χ3v) is 5.33. The molecule has 0 aliphatic rings. The summed E-state index contributed by atoms with van der Waals surface area (Å²) in [6, 6.07) is 6.76. The van der Waals surface area contributed by atoms with E-state index in [2.05, 4.69) is 20.9 Å². The normalized spacial score (nSPS) is 12.3. The van der Waals surface area contributed by atoms with Crippen LogP contribution in [-0.2, 0) is 21.4 Å². The van der Waals surface area contributed by atoms with Crippen molar-refractivity contribution in [2.24, 2.45) is 4.99 Å². The number of hydrogen-bond donors (Lipinski definition) is 3. The van der Waals surface area contributed by atoms with E-state index >= 15 is 0 Å². The van der Waals surface area contributed by atoms with Crippen molar-refractivity contribution in [2.75, 3.05) is 27.2 Å². The quantitative estimate of drug-likeness (QED) is 0.285. The lowest BCUT2D eigenvalue weighted by molar-refractivity contribution is -0.121. The highest BCUT2D eigenvalue weighted by molar-refractivity contribution is 14.0. The van der Waals surface area contributed by atoms with Gasteiger partial charge in [0.2, 0.25) is 15.9 Å². The number of sulfonamides is 1. The van der Waals surface area contributed by atoms with E-state index in [-0.39, 0.29) is 53.4 Å². The van der Waals surface area contributed by atoms with Gasteiger partial charge in [-0.2, -0.15) is 0 Å². The molecule has 0 unspecified atom stereocenters. The molecule has 160 valence electrons. The lowest BCUT2D eigenvalue weighted by Crippen LogP contribution is -2.48. The zero-order chi connectivity index (χ0) is 20.7. The number of halogens is 1. The first kappa shape index (κ1) is 26.6. The Labute approximate surface area is 185 Å². The molecule has 0 saturated heterocycles. The van der Waals surface area contributed by atoms with Crippen molar-refractivity contribution < 1.29 is 13.2 Å². The minimum Gasteiger partial charge on any atom is -0.357 e. The average molecular weight is 525 g/mol. The molecular formula is C18H32IN5O3S. The first-order valence-electron chi connectivity index (χ1n) is 8.81. The molecule has 8 nitrogen and oxygen atoms in total. The topological polar surface area (TPSA) is 103 Å². The van der Waals surface area contributed by atoms with E-state index in [4.69, 9.17) is 0 Å². The lowest BCUT2D eigenvalue weighted by Gasteiger charge is -2.21. The number of amides is 1. The van der Waals surface area contributed by atoms with Gasteiger partial charge in [-0.05, 0) is 39.3 Å². The summed E-state index contributed by atoms with van der Waals surface area (Å²) < 4.78 is 26.1. The smallest absolute Gasteiger partial charge is 0.242 e. The Hall–Kier alpha value is -1.40. The van der Waals surface area contributed by atoms with Gasteiger partial charge in [-0.1, -0.05) is 18.2 Å². The molecule has 1 aromatic rings. The number of benzene rings is 1. The first-order chi connectivity index (χ1) is 12.5. The molecule has 0 saturated carbocycles. The highest BCUT2D eigenvalue weighted by Crippen LogP contribution is 2.19. The van der Waals surface area contributed by atoms with E-state index in [1.807, 2.05) is 27.7 Å². The van der Waals surface area contributed by atoms with Crippen molar-refractivity contribution in [1.82, 2.24) is 20.3 Å². The summed E-state index contributed by atoms with van der Waals surface area (Å²) in [6.45, 7) is 8.49. The highest BCUT2D eigenvalue weighted by Gasteiger charge is 2.20. The second-order valence-corrected chi connectivity index (χ2v) is 9.36. The van der Waals surface area contributed by atoms with Crippen LogP contribution < -0.4 is 16.0 Å². The molecule has 0 spiro atoms. The molecule has 0 aliphatic carbocycles. The van der Waals surface area contributed by atoms with Gasteiger partial charge in [0.15, 0.2) is 5.96 Å². The number of nitrogens with zero attached hydrogens (tertiary/aromatic N) is 2. The van der Waals surface area contributed by atoms with Crippen molar-refractivity contribution in [2.45, 2.75) is 44.7 Å². The summed E-state index contributed by atoms with van der Waals surface area (Å²) in [5, 5.41) is 8.88. The van der Waals surface area contributed by atoms with Crippen LogP contribution >= 0.6 is 24.0 Å². The second kappa shape index (κ2) is 11.6. The fourth-order valence-electron chi connectivity index (χ4n) is 2.22. The SMILES string of the molecule is CCNC(=NCc1ccccc1S(=O)(=O)N(C)C)NCC(=O)NC(C)(C)C.I. The summed E-state index contributed by atoms with van der Waals surface area (Å²) in [7, 11) is -0.565. The summed E-state index contributed by atoms with van der Waals surface area (Å²) in [6.07, 6.45) is 0. The average Bonchev–Trinajstić information content (AvgIpc) is 2.56. The molecule has 0 aromatic heterocycles. The number of rotatable bonds is 7. The fraction of sp³-hybridized carbons (Fsp3) is 0.556. The molecule has 1 amide bonds. The van der Waals surface area contributed by atoms with E-state index in [1.165, 1.54) is 18.4 Å². The number of carbonyl (C=O) groups excluding carboxylic acids is 1. The van der Waals surface area contributed by atoms with Gasteiger partial charge in [0.1, 0.15) is 0 Å². The van der Waals surface area contributed by atoms with Crippen LogP contribution in [0.5, 0.6) is 0 Å². The Balaban J connectivity index is 0.00000729. The molecule has 1 rings (SSSR count). The monoisotopic (exact) mass is 525 g/mol. The van der Waals surface area contributed by atoms with Crippen LogP contribution in [0.2, 0.25) is 0 Å². The van der Waals surface area contributed by atoms with Gasteiger partial charge in [0.25, 0.3) is 0 Å². The molecule has 28 heavy (non-hydrogen) atoms. The van der Waals surface area contributed by atoms with Gasteiger partial charge in [0.05, 0.1) is 18.0 Å². The summed E-state index contributed by atoms with van der Waals surface area (Å²) in [5.74, 6) is 0.294. The summed E-state index contributed by atoms with van der Waals surface area (Å²) in [5.41, 5.74) is 0.274. The Morgan fingerprint density at radius 3 is 2.29 bits per heavy atom. The Morgan fingerprint density at radius 2 is 1.75 bits per heavy atom. The standard InChI is InChI=1S/C18H31N5O3S.HI/c1-7-19-17(21-13-16(24)22-18(2,3)4)20-12-14-10-8-9-11-15(14)27(25,26)23(5)6;/h8-11H,7,12-13H2,1-6H3,(H,22,24)(H2,19,20,21);1H. The Bertz CT molecular complexity index is 774. The van der Waals surface area contributed by atoms with Crippen LogP contribution in [0.15, 0.2) is 34.2 Å². The summed E-state index contributed by atoms with van der Waals surface area (Å²) in [4.78, 5) is 16.6. The van der Waals surface area contributed by atoms with Crippen molar-refractivity contribution in [1.29, 1.82) is 0 Å². The third kappa shape index (κ3) is 8.74. The first-order valence-corrected chi connectivity index (χ1v) is 10.2. The van der Waals surface area contributed by atoms with Crippen LogP contribution in [-0.4, -0.2) is 57.3 Å². The number of carbonyl (C=O) groups is 1. The Kier molecular flexibility index (Phi) is 11.0. The predicted octanol–water partition coefficient (Wildman–Crippen LogP) is 1.52. The maximum Gasteiger partial charge on any atom is 0.242 e. The maximum absolute atomic E-state index is 12.5. The van der Waals surface area contributed by atoms with Crippen molar-refractivity contribution in [3.05, 3.63) is 29.8 Å². The number of aliphatic imine (C=N–C) groups is 1. The molecule has 0 fully saturated rings. The zero-order valence-corrected chi connectivity index (χ0v) is 20.5. The third-order valence-electron chi connectivity index (χ3n) is 3.41. The van der Waals surface area contributed by atoms with E-state index < -0.39 is 10.0 Å². The molecule has 0 aliphatic heterocycles. The van der Waals surface area contributed by atoms with Crippen molar-refractivity contribution in [3.63, 3.8) is 0 Å². The molecule has 10 heteroatoms. The second-order valence-electron chi connectivity index (χ2n) is 7.24.